The van der Waals surface area contributed by atoms with Crippen molar-refractivity contribution >= 4 is 17.3 Å². The molecule has 142 valence electrons. The lowest BCUT2D eigenvalue weighted by atomic mass is 10.3. The van der Waals surface area contributed by atoms with Gasteiger partial charge in [-0.15, -0.1) is 0 Å². The van der Waals surface area contributed by atoms with E-state index in [4.69, 9.17) is 0 Å². The zero-order chi connectivity index (χ0) is 19.5. The Kier molecular flexibility index (Phi) is 5.59. The summed E-state index contributed by atoms with van der Waals surface area (Å²) in [5.41, 5.74) is 0.241. The zero-order valence-electron chi connectivity index (χ0n) is 13.7. The third-order valence-electron chi connectivity index (χ3n) is 3.35. The number of ether oxygens (including phenoxy) is 1. The molecule has 26 heavy (non-hydrogen) atoms. The van der Waals surface area contributed by atoms with E-state index in [1.54, 1.807) is 0 Å². The van der Waals surface area contributed by atoms with Gasteiger partial charge in [-0.05, 0) is 13.8 Å². The number of nitro groups is 1. The number of carbonyl (C=O) groups is 1. The van der Waals surface area contributed by atoms with Gasteiger partial charge in [0.1, 0.15) is 31.3 Å². The van der Waals surface area contributed by atoms with Crippen LogP contribution in [0.4, 0.5) is 24.5 Å². The largest absolute Gasteiger partial charge is 0.411 e. The summed E-state index contributed by atoms with van der Waals surface area (Å²) in [5, 5.41) is 20.9. The number of amides is 1. The molecule has 0 saturated heterocycles. The minimum absolute atomic E-state index is 0.209. The first-order chi connectivity index (χ1) is 12.1. The van der Waals surface area contributed by atoms with Gasteiger partial charge in [0.25, 0.3) is 0 Å². The molecule has 0 aromatic carbocycles. The monoisotopic (exact) mass is 376 g/mol. The van der Waals surface area contributed by atoms with Crippen LogP contribution in [0.3, 0.4) is 0 Å². The summed E-state index contributed by atoms with van der Waals surface area (Å²) in [6, 6.07) is -0.853. The van der Waals surface area contributed by atoms with Crippen molar-refractivity contribution in [1.82, 2.24) is 19.6 Å². The van der Waals surface area contributed by atoms with Crippen LogP contribution in [0, 0.1) is 17.0 Å². The van der Waals surface area contributed by atoms with Crippen LogP contribution in [0.15, 0.2) is 18.6 Å². The van der Waals surface area contributed by atoms with Crippen molar-refractivity contribution in [3.8, 4) is 0 Å². The number of nitrogens with zero attached hydrogens (tertiary/aromatic N) is 5. The summed E-state index contributed by atoms with van der Waals surface area (Å²) in [5.74, 6) is -0.526. The predicted molar refractivity (Wildman–Crippen MR) is 81.2 cm³/mol. The van der Waals surface area contributed by atoms with Gasteiger partial charge < -0.3 is 10.1 Å². The molecule has 1 N–H and O–H groups in total. The van der Waals surface area contributed by atoms with E-state index in [0.717, 1.165) is 10.9 Å². The van der Waals surface area contributed by atoms with Gasteiger partial charge in [-0.3, -0.25) is 19.6 Å². The van der Waals surface area contributed by atoms with Crippen LogP contribution >= 0.6 is 0 Å². The Balaban J connectivity index is 1.96. The molecule has 2 aromatic heterocycles. The van der Waals surface area contributed by atoms with Crippen molar-refractivity contribution in [3.05, 3.63) is 34.4 Å². The molecule has 0 aliphatic carbocycles. The molecular weight excluding hydrogens is 361 g/mol. The van der Waals surface area contributed by atoms with E-state index in [0.29, 0.717) is 0 Å². The summed E-state index contributed by atoms with van der Waals surface area (Å²) < 4.78 is 42.7. The van der Waals surface area contributed by atoms with E-state index in [1.807, 2.05) is 0 Å². The van der Waals surface area contributed by atoms with Crippen molar-refractivity contribution in [2.24, 2.45) is 0 Å². The highest BCUT2D eigenvalue weighted by atomic mass is 19.4. The first-order valence-corrected chi connectivity index (χ1v) is 7.25. The van der Waals surface area contributed by atoms with E-state index < -0.39 is 36.4 Å². The summed E-state index contributed by atoms with van der Waals surface area (Å²) in [4.78, 5) is 22.5. The zero-order valence-corrected chi connectivity index (χ0v) is 13.7. The molecule has 2 heterocycles. The molecule has 13 heteroatoms. The smallest absolute Gasteiger partial charge is 0.350 e. The molecule has 0 fully saturated rings. The fourth-order valence-electron chi connectivity index (χ4n) is 2.10. The first-order valence-electron chi connectivity index (χ1n) is 7.25. The summed E-state index contributed by atoms with van der Waals surface area (Å²) >= 11 is 0. The van der Waals surface area contributed by atoms with Gasteiger partial charge in [-0.25, -0.2) is 4.68 Å². The Morgan fingerprint density at radius 1 is 1.42 bits per heavy atom. The fourth-order valence-corrected chi connectivity index (χ4v) is 2.10. The molecule has 1 amide bonds. The minimum Gasteiger partial charge on any atom is -0.350 e. The van der Waals surface area contributed by atoms with Crippen LogP contribution in [0.25, 0.3) is 0 Å². The summed E-state index contributed by atoms with van der Waals surface area (Å²) in [6.07, 6.45) is -0.863. The lowest BCUT2D eigenvalue weighted by molar-refractivity contribution is -0.385. The first kappa shape index (κ1) is 19.4. The number of nitrogens with one attached hydrogen (secondary N) is 1. The predicted octanol–water partition coefficient (Wildman–Crippen LogP) is 2.03. The number of alkyl halides is 3. The molecular formula is C13H15F3N6O4. The van der Waals surface area contributed by atoms with Gasteiger partial charge >= 0.3 is 11.9 Å². The van der Waals surface area contributed by atoms with E-state index in [2.05, 4.69) is 20.3 Å². The van der Waals surface area contributed by atoms with Gasteiger partial charge in [-0.2, -0.15) is 23.4 Å². The van der Waals surface area contributed by atoms with Gasteiger partial charge in [0.2, 0.25) is 5.91 Å². The average Bonchev–Trinajstić information content (AvgIpc) is 3.12. The molecule has 10 nitrogen and oxygen atoms in total. The van der Waals surface area contributed by atoms with Crippen molar-refractivity contribution in [2.45, 2.75) is 32.8 Å². The maximum atomic E-state index is 12.2. The number of aromatic nitrogens is 4. The Hall–Kier alpha value is -2.96. The van der Waals surface area contributed by atoms with Crippen molar-refractivity contribution < 1.29 is 27.6 Å². The minimum atomic E-state index is -4.44. The Morgan fingerprint density at radius 2 is 2.12 bits per heavy atom. The van der Waals surface area contributed by atoms with E-state index >= 15 is 0 Å². The quantitative estimate of drug-likeness (QED) is 0.584. The standard InChI is InChI=1S/C13H15F3N6O4/c1-8-11(22(24)25)4-18-21(8)9(2)12(23)19-10-3-17-20(5-10)7-26-6-13(14,15)16/h3-5,9H,6-7H2,1-2H3,(H,19,23). The lowest BCUT2D eigenvalue weighted by Gasteiger charge is -2.13. The maximum Gasteiger partial charge on any atom is 0.411 e. The van der Waals surface area contributed by atoms with Crippen LogP contribution in [0.2, 0.25) is 0 Å². The van der Waals surface area contributed by atoms with Crippen LogP contribution in [0.1, 0.15) is 18.7 Å². The second-order valence-corrected chi connectivity index (χ2v) is 5.34. The van der Waals surface area contributed by atoms with Gasteiger partial charge in [-0.1, -0.05) is 0 Å². The topological polar surface area (TPSA) is 117 Å². The summed E-state index contributed by atoms with van der Waals surface area (Å²) in [7, 11) is 0. The number of carbonyl (C=O) groups excluding carboxylic acids is 1. The highest BCUT2D eigenvalue weighted by molar-refractivity contribution is 5.93. The second-order valence-electron chi connectivity index (χ2n) is 5.34. The summed E-state index contributed by atoms with van der Waals surface area (Å²) in [6.45, 7) is 1.11. The normalized spacial score (nSPS) is 12.8. The third kappa shape index (κ3) is 4.78. The van der Waals surface area contributed by atoms with Crippen LogP contribution in [-0.2, 0) is 16.3 Å². The van der Waals surface area contributed by atoms with Gasteiger partial charge in [0.15, 0.2) is 0 Å². The highest BCUT2D eigenvalue weighted by Gasteiger charge is 2.27. The van der Waals surface area contributed by atoms with Crippen LogP contribution in [0.5, 0.6) is 0 Å². The highest BCUT2D eigenvalue weighted by Crippen LogP contribution is 2.21. The van der Waals surface area contributed by atoms with E-state index in [-0.39, 0.29) is 17.1 Å². The second kappa shape index (κ2) is 7.51. The van der Waals surface area contributed by atoms with Gasteiger partial charge in [0, 0.05) is 0 Å². The van der Waals surface area contributed by atoms with Crippen LogP contribution < -0.4 is 5.32 Å². The van der Waals surface area contributed by atoms with Crippen molar-refractivity contribution in [1.29, 1.82) is 0 Å². The van der Waals surface area contributed by atoms with E-state index in [9.17, 15) is 28.1 Å². The average molecular weight is 376 g/mol. The molecule has 0 bridgehead atoms. The van der Waals surface area contributed by atoms with Crippen LogP contribution in [-0.4, -0.2) is 43.2 Å². The SMILES string of the molecule is Cc1c([N+](=O)[O-])cnn1C(C)C(=O)Nc1cnn(COCC(F)(F)F)c1. The molecule has 1 atom stereocenters. The molecule has 0 spiro atoms. The Morgan fingerprint density at radius 3 is 2.69 bits per heavy atom. The number of hydrogen-bond acceptors (Lipinski definition) is 6. The number of rotatable bonds is 7. The Bertz CT molecular complexity index is 800. The molecule has 0 radical (unpaired) electrons. The fraction of sp³-hybridized carbons (Fsp3) is 0.462. The number of anilines is 1. The van der Waals surface area contributed by atoms with Crippen molar-refractivity contribution in [3.63, 3.8) is 0 Å². The maximum absolute atomic E-state index is 12.2. The lowest BCUT2D eigenvalue weighted by Crippen LogP contribution is -2.25. The number of hydrogen-bond donors (Lipinski definition) is 1. The number of halogens is 3. The molecule has 1 unspecified atom stereocenters. The third-order valence-corrected chi connectivity index (χ3v) is 3.35. The molecule has 0 aliphatic heterocycles. The molecule has 2 aromatic rings. The molecule has 2 rings (SSSR count). The van der Waals surface area contributed by atoms with Crippen molar-refractivity contribution in [2.75, 3.05) is 11.9 Å². The van der Waals surface area contributed by atoms with Gasteiger partial charge in [0.05, 0.1) is 23.0 Å². The molecule has 0 aliphatic rings. The Labute approximate surface area is 144 Å². The van der Waals surface area contributed by atoms with E-state index in [1.165, 1.54) is 30.9 Å². The molecule has 0 saturated carbocycles.